The molecule has 0 unspecified atom stereocenters. The average Bonchev–Trinajstić information content (AvgIpc) is 2.39. The zero-order valence-corrected chi connectivity index (χ0v) is 11.0. The number of nitro groups is 1. The van der Waals surface area contributed by atoms with Gasteiger partial charge in [0.1, 0.15) is 6.20 Å². The lowest BCUT2D eigenvalue weighted by molar-refractivity contribution is -0.385. The Morgan fingerprint density at radius 3 is 2.70 bits per heavy atom. The molecule has 104 valence electrons. The van der Waals surface area contributed by atoms with Crippen LogP contribution in [0.5, 0.6) is 0 Å². The maximum Gasteiger partial charge on any atom is 0.288 e. The van der Waals surface area contributed by atoms with Crippen LogP contribution in [0.25, 0.3) is 0 Å². The number of hydrogen-bond donors (Lipinski definition) is 1. The number of nitrogens with zero attached hydrogens (tertiary/aromatic N) is 2. The van der Waals surface area contributed by atoms with Crippen LogP contribution in [0.1, 0.15) is 23.0 Å². The molecule has 0 radical (unpaired) electrons. The Labute approximate surface area is 115 Å². The lowest BCUT2D eigenvalue weighted by Gasteiger charge is -2.04. The van der Waals surface area contributed by atoms with Crippen molar-refractivity contribution >= 4 is 17.5 Å². The molecule has 7 heteroatoms. The van der Waals surface area contributed by atoms with Gasteiger partial charge in [0.05, 0.1) is 16.2 Å². The van der Waals surface area contributed by atoms with Crippen LogP contribution in [-0.2, 0) is 4.79 Å². The molecular formula is C13H13N3O4. The molecule has 0 bridgehead atoms. The molecule has 1 aromatic rings. The van der Waals surface area contributed by atoms with Crippen molar-refractivity contribution in [1.82, 2.24) is 10.3 Å². The summed E-state index contributed by atoms with van der Waals surface area (Å²) in [5.74, 6) is -1.34. The highest BCUT2D eigenvalue weighted by molar-refractivity contribution is 6.08. The normalized spacial score (nSPS) is 10.9. The van der Waals surface area contributed by atoms with Crippen molar-refractivity contribution in [2.24, 2.45) is 0 Å². The first-order valence-corrected chi connectivity index (χ1v) is 5.71. The summed E-state index contributed by atoms with van der Waals surface area (Å²) in [6.07, 6.45) is 7.06. The van der Waals surface area contributed by atoms with Gasteiger partial charge in [0.25, 0.3) is 17.5 Å². The van der Waals surface area contributed by atoms with Crippen LogP contribution in [0.4, 0.5) is 5.69 Å². The minimum atomic E-state index is -0.728. The summed E-state index contributed by atoms with van der Waals surface area (Å²) in [6.45, 7) is 3.31. The molecule has 0 aromatic carbocycles. The topological polar surface area (TPSA) is 102 Å². The van der Waals surface area contributed by atoms with E-state index in [1.807, 2.05) is 0 Å². The summed E-state index contributed by atoms with van der Waals surface area (Å²) < 4.78 is 0. The summed E-state index contributed by atoms with van der Waals surface area (Å²) in [7, 11) is 0. The van der Waals surface area contributed by atoms with Crippen molar-refractivity contribution in [3.63, 3.8) is 0 Å². The van der Waals surface area contributed by atoms with Gasteiger partial charge in [-0.25, -0.2) is 0 Å². The van der Waals surface area contributed by atoms with Gasteiger partial charge in [-0.2, -0.15) is 0 Å². The quantitative estimate of drug-likeness (QED) is 0.390. The summed E-state index contributed by atoms with van der Waals surface area (Å²) in [5, 5.41) is 12.7. The molecule has 1 aromatic heterocycles. The lowest BCUT2D eigenvalue weighted by atomic mass is 10.2. The first-order valence-electron chi connectivity index (χ1n) is 5.71. The van der Waals surface area contributed by atoms with Crippen molar-refractivity contribution in [3.05, 3.63) is 57.9 Å². The molecular weight excluding hydrogens is 262 g/mol. The molecule has 7 nitrogen and oxygen atoms in total. The minimum Gasteiger partial charge on any atom is -0.289 e. The number of imide groups is 1. The summed E-state index contributed by atoms with van der Waals surface area (Å²) in [4.78, 5) is 37.0. The molecule has 1 N–H and O–H groups in total. The zero-order chi connectivity index (χ0) is 15.1. The van der Waals surface area contributed by atoms with E-state index in [2.05, 4.69) is 10.3 Å². The second-order valence-electron chi connectivity index (χ2n) is 3.79. The molecule has 0 spiro atoms. The van der Waals surface area contributed by atoms with Gasteiger partial charge >= 0.3 is 0 Å². The Bertz CT molecular complexity index is 606. The Kier molecular flexibility index (Phi) is 5.28. The Morgan fingerprint density at radius 1 is 1.40 bits per heavy atom. The van der Waals surface area contributed by atoms with E-state index in [-0.39, 0.29) is 11.3 Å². The van der Waals surface area contributed by atoms with Crippen molar-refractivity contribution in [2.75, 3.05) is 0 Å². The maximum absolute atomic E-state index is 11.8. The van der Waals surface area contributed by atoms with Crippen LogP contribution in [0.3, 0.4) is 0 Å². The van der Waals surface area contributed by atoms with Gasteiger partial charge in [0.15, 0.2) is 0 Å². The molecule has 0 aliphatic rings. The monoisotopic (exact) mass is 275 g/mol. The van der Waals surface area contributed by atoms with E-state index >= 15 is 0 Å². The Morgan fingerprint density at radius 2 is 2.10 bits per heavy atom. The number of rotatable bonds is 4. The van der Waals surface area contributed by atoms with Crippen LogP contribution < -0.4 is 5.32 Å². The van der Waals surface area contributed by atoms with Crippen molar-refractivity contribution in [1.29, 1.82) is 0 Å². The molecule has 0 saturated heterocycles. The number of amides is 2. The van der Waals surface area contributed by atoms with Gasteiger partial charge in [-0.1, -0.05) is 18.2 Å². The van der Waals surface area contributed by atoms with Gasteiger partial charge in [-0.15, -0.1) is 0 Å². The molecule has 1 rings (SSSR count). The third kappa shape index (κ3) is 4.13. The highest BCUT2D eigenvalue weighted by Crippen LogP contribution is 2.14. The fraction of sp³-hybridized carbons (Fsp3) is 0.154. The molecule has 0 saturated carbocycles. The number of aromatic nitrogens is 1. The average molecular weight is 275 g/mol. The standard InChI is InChI=1S/C13H13N3O4/c1-3-4-5-6-12(17)15-13(18)11-7-10(16(19)20)8-14-9(11)2/h3-8H,1-2H3,(H,15,17,18)/b4-3+,6-5+. The smallest absolute Gasteiger partial charge is 0.288 e. The fourth-order valence-corrected chi connectivity index (χ4v) is 1.33. The zero-order valence-electron chi connectivity index (χ0n) is 11.0. The highest BCUT2D eigenvalue weighted by Gasteiger charge is 2.16. The number of hydrogen-bond acceptors (Lipinski definition) is 5. The number of carbonyl (C=O) groups is 2. The predicted octanol–water partition coefficient (Wildman–Crippen LogP) is 1.69. The van der Waals surface area contributed by atoms with E-state index in [4.69, 9.17) is 0 Å². The van der Waals surface area contributed by atoms with Crippen LogP contribution in [0.2, 0.25) is 0 Å². The van der Waals surface area contributed by atoms with Gasteiger partial charge in [-0.3, -0.25) is 30.0 Å². The molecule has 1 heterocycles. The predicted molar refractivity (Wildman–Crippen MR) is 72.1 cm³/mol. The number of aryl methyl sites for hydroxylation is 1. The second-order valence-corrected chi connectivity index (χ2v) is 3.79. The first kappa shape index (κ1) is 15.2. The number of carbonyl (C=O) groups excluding carboxylic acids is 2. The van der Waals surface area contributed by atoms with E-state index in [1.54, 1.807) is 19.1 Å². The molecule has 0 aliphatic heterocycles. The largest absolute Gasteiger partial charge is 0.289 e. The van der Waals surface area contributed by atoms with E-state index < -0.39 is 16.7 Å². The Hall–Kier alpha value is -2.83. The number of pyridine rings is 1. The fourth-order valence-electron chi connectivity index (χ4n) is 1.33. The van der Waals surface area contributed by atoms with Gasteiger partial charge in [0, 0.05) is 12.1 Å². The highest BCUT2D eigenvalue weighted by atomic mass is 16.6. The van der Waals surface area contributed by atoms with Crippen LogP contribution in [-0.4, -0.2) is 21.7 Å². The van der Waals surface area contributed by atoms with Crippen molar-refractivity contribution in [3.8, 4) is 0 Å². The summed E-state index contributed by atoms with van der Waals surface area (Å²) >= 11 is 0. The third-order valence-corrected chi connectivity index (χ3v) is 2.32. The second kappa shape index (κ2) is 6.93. The van der Waals surface area contributed by atoms with Crippen LogP contribution >= 0.6 is 0 Å². The maximum atomic E-state index is 11.8. The van der Waals surface area contributed by atoms with Crippen molar-refractivity contribution < 1.29 is 14.5 Å². The SMILES string of the molecule is C/C=C/C=C/C(=O)NC(=O)c1cc([N+](=O)[O-])cnc1C. The Balaban J connectivity index is 2.89. The molecule has 0 atom stereocenters. The lowest BCUT2D eigenvalue weighted by Crippen LogP contribution is -2.29. The summed E-state index contributed by atoms with van der Waals surface area (Å²) in [5.41, 5.74) is -0.0111. The first-order chi connectivity index (χ1) is 9.45. The molecule has 0 fully saturated rings. The van der Waals surface area contributed by atoms with Crippen LogP contribution in [0, 0.1) is 17.0 Å². The number of allylic oxidation sites excluding steroid dienone is 3. The van der Waals surface area contributed by atoms with Crippen molar-refractivity contribution in [2.45, 2.75) is 13.8 Å². The van der Waals surface area contributed by atoms with Gasteiger partial charge in [-0.05, 0) is 13.8 Å². The van der Waals surface area contributed by atoms with Gasteiger partial charge < -0.3 is 0 Å². The molecule has 20 heavy (non-hydrogen) atoms. The molecule has 2 amide bonds. The van der Waals surface area contributed by atoms with Crippen LogP contribution in [0.15, 0.2) is 36.6 Å². The van der Waals surface area contributed by atoms with E-state index in [9.17, 15) is 19.7 Å². The third-order valence-electron chi connectivity index (χ3n) is 2.32. The summed E-state index contributed by atoms with van der Waals surface area (Å²) in [6, 6.07) is 1.08. The van der Waals surface area contributed by atoms with E-state index in [1.165, 1.54) is 19.1 Å². The van der Waals surface area contributed by atoms with E-state index in [0.717, 1.165) is 12.3 Å². The van der Waals surface area contributed by atoms with E-state index in [0.29, 0.717) is 5.69 Å². The number of nitrogens with one attached hydrogen (secondary N) is 1. The minimum absolute atomic E-state index is 0.00742. The van der Waals surface area contributed by atoms with Gasteiger partial charge in [0.2, 0.25) is 0 Å². The molecule has 0 aliphatic carbocycles.